The van der Waals surface area contributed by atoms with Gasteiger partial charge in [-0.2, -0.15) is 0 Å². The minimum atomic E-state index is -0.222. The molecule has 0 N–H and O–H groups in total. The van der Waals surface area contributed by atoms with Crippen LogP contribution in [0.3, 0.4) is 0 Å². The van der Waals surface area contributed by atoms with Crippen molar-refractivity contribution in [3.8, 4) is 11.4 Å². The summed E-state index contributed by atoms with van der Waals surface area (Å²) in [5.74, 6) is 1.27. The molecule has 1 aromatic carbocycles. The molecule has 0 amide bonds. The van der Waals surface area contributed by atoms with Gasteiger partial charge in [-0.25, -0.2) is 14.8 Å². The van der Waals surface area contributed by atoms with E-state index in [1.54, 1.807) is 0 Å². The fourth-order valence-electron chi connectivity index (χ4n) is 3.84. The van der Waals surface area contributed by atoms with Crippen molar-refractivity contribution in [3.63, 3.8) is 0 Å². The van der Waals surface area contributed by atoms with Gasteiger partial charge in [0.1, 0.15) is 6.10 Å². The molecule has 3 rings (SSSR count). The zero-order chi connectivity index (χ0) is 19.1. The Labute approximate surface area is 162 Å². The molecule has 1 aliphatic carbocycles. The van der Waals surface area contributed by atoms with Crippen LogP contribution >= 0.6 is 0 Å². The SMILES string of the molecule is CCCc1cnc(-c2ccc(C(=O)O[C@H]3CC[C@H](CCC)CC3)cc2)nc1. The number of aryl methyl sites for hydroxylation is 1. The van der Waals surface area contributed by atoms with Crippen LogP contribution < -0.4 is 0 Å². The summed E-state index contributed by atoms with van der Waals surface area (Å²) >= 11 is 0. The summed E-state index contributed by atoms with van der Waals surface area (Å²) in [4.78, 5) is 21.3. The van der Waals surface area contributed by atoms with Crippen LogP contribution in [0.15, 0.2) is 36.7 Å². The van der Waals surface area contributed by atoms with Gasteiger partial charge in [-0.3, -0.25) is 0 Å². The third-order valence-electron chi connectivity index (χ3n) is 5.39. The molecular weight excluding hydrogens is 336 g/mol. The van der Waals surface area contributed by atoms with Gasteiger partial charge >= 0.3 is 5.97 Å². The lowest BCUT2D eigenvalue weighted by molar-refractivity contribution is 0.0161. The van der Waals surface area contributed by atoms with Crippen molar-refractivity contribution in [1.29, 1.82) is 0 Å². The molecule has 0 radical (unpaired) electrons. The van der Waals surface area contributed by atoms with Gasteiger partial charge in [0.05, 0.1) is 5.56 Å². The number of ether oxygens (including phenoxy) is 1. The monoisotopic (exact) mass is 366 g/mol. The molecule has 0 saturated heterocycles. The lowest BCUT2D eigenvalue weighted by Crippen LogP contribution is -2.24. The molecule has 0 spiro atoms. The summed E-state index contributed by atoms with van der Waals surface area (Å²) < 4.78 is 5.72. The predicted octanol–water partition coefficient (Wildman–Crippen LogP) is 5.61. The Morgan fingerprint density at radius 3 is 2.26 bits per heavy atom. The number of hydrogen-bond acceptors (Lipinski definition) is 4. The van der Waals surface area contributed by atoms with Gasteiger partial charge in [0, 0.05) is 18.0 Å². The Morgan fingerprint density at radius 2 is 1.67 bits per heavy atom. The zero-order valence-electron chi connectivity index (χ0n) is 16.5. The number of hydrogen-bond donors (Lipinski definition) is 0. The van der Waals surface area contributed by atoms with E-state index in [2.05, 4.69) is 23.8 Å². The van der Waals surface area contributed by atoms with Crippen molar-refractivity contribution in [2.24, 2.45) is 5.92 Å². The average molecular weight is 367 g/mol. The Balaban J connectivity index is 1.56. The highest BCUT2D eigenvalue weighted by Crippen LogP contribution is 2.29. The molecule has 1 fully saturated rings. The fourth-order valence-corrected chi connectivity index (χ4v) is 3.84. The molecule has 4 heteroatoms. The molecule has 144 valence electrons. The highest BCUT2D eigenvalue weighted by molar-refractivity contribution is 5.90. The quantitative estimate of drug-likeness (QED) is 0.598. The summed E-state index contributed by atoms with van der Waals surface area (Å²) in [6, 6.07) is 7.40. The molecular formula is C23H30N2O2. The van der Waals surface area contributed by atoms with Gasteiger partial charge in [0.15, 0.2) is 5.82 Å². The molecule has 1 aliphatic rings. The standard InChI is InChI=1S/C23H30N2O2/c1-3-5-17-7-13-21(14-8-17)27-23(26)20-11-9-19(10-12-20)22-24-15-18(6-4-2)16-25-22/h9-12,15-17,21H,3-8,13-14H2,1-2H3/t17-,21-. The van der Waals surface area contributed by atoms with Crippen LogP contribution in [-0.4, -0.2) is 22.0 Å². The maximum absolute atomic E-state index is 12.4. The molecule has 0 unspecified atom stereocenters. The van der Waals surface area contributed by atoms with Gasteiger partial charge in [-0.1, -0.05) is 45.2 Å². The molecule has 0 atom stereocenters. The van der Waals surface area contributed by atoms with Crippen molar-refractivity contribution in [2.75, 3.05) is 0 Å². The van der Waals surface area contributed by atoms with Gasteiger partial charge in [-0.05, 0) is 55.7 Å². The Kier molecular flexibility index (Phi) is 6.97. The second-order valence-corrected chi connectivity index (χ2v) is 7.58. The van der Waals surface area contributed by atoms with Crippen molar-refractivity contribution in [3.05, 3.63) is 47.8 Å². The Morgan fingerprint density at radius 1 is 1.00 bits per heavy atom. The van der Waals surface area contributed by atoms with Crippen molar-refractivity contribution in [2.45, 2.75) is 71.3 Å². The van der Waals surface area contributed by atoms with Crippen LogP contribution in [0.2, 0.25) is 0 Å². The molecule has 1 saturated carbocycles. The van der Waals surface area contributed by atoms with E-state index in [0.29, 0.717) is 11.4 Å². The Bertz CT molecular complexity index is 717. The summed E-state index contributed by atoms with van der Waals surface area (Å²) in [6.07, 6.45) is 12.8. The number of nitrogens with zero attached hydrogens (tertiary/aromatic N) is 2. The first-order chi connectivity index (χ1) is 13.2. The van der Waals surface area contributed by atoms with E-state index in [9.17, 15) is 4.79 Å². The summed E-state index contributed by atoms with van der Waals surface area (Å²) in [5.41, 5.74) is 2.65. The number of carbonyl (C=O) groups is 1. The Hall–Kier alpha value is -2.23. The minimum Gasteiger partial charge on any atom is -0.459 e. The highest BCUT2D eigenvalue weighted by Gasteiger charge is 2.23. The lowest BCUT2D eigenvalue weighted by atomic mass is 9.85. The van der Waals surface area contributed by atoms with Crippen LogP contribution in [0.25, 0.3) is 11.4 Å². The second-order valence-electron chi connectivity index (χ2n) is 7.58. The van der Waals surface area contributed by atoms with Crippen LogP contribution in [0.5, 0.6) is 0 Å². The fraction of sp³-hybridized carbons (Fsp3) is 0.522. The second kappa shape index (κ2) is 9.63. The number of esters is 1. The third kappa shape index (κ3) is 5.38. The van der Waals surface area contributed by atoms with Gasteiger partial charge in [0.2, 0.25) is 0 Å². The van der Waals surface area contributed by atoms with Gasteiger partial charge in [0.25, 0.3) is 0 Å². The number of aromatic nitrogens is 2. The molecule has 0 aliphatic heterocycles. The van der Waals surface area contributed by atoms with Gasteiger partial charge in [-0.15, -0.1) is 0 Å². The van der Waals surface area contributed by atoms with E-state index < -0.39 is 0 Å². The smallest absolute Gasteiger partial charge is 0.338 e. The van der Waals surface area contributed by atoms with Gasteiger partial charge < -0.3 is 4.74 Å². The summed E-state index contributed by atoms with van der Waals surface area (Å²) in [7, 11) is 0. The van der Waals surface area contributed by atoms with E-state index in [1.807, 2.05) is 36.7 Å². The topological polar surface area (TPSA) is 52.1 Å². The van der Waals surface area contributed by atoms with E-state index >= 15 is 0 Å². The number of benzene rings is 1. The largest absolute Gasteiger partial charge is 0.459 e. The molecule has 2 aromatic rings. The van der Waals surface area contributed by atoms with E-state index in [0.717, 1.165) is 42.7 Å². The first kappa shape index (κ1) is 19.5. The minimum absolute atomic E-state index is 0.0692. The van der Waals surface area contributed by atoms with E-state index in [4.69, 9.17) is 4.74 Å². The van der Waals surface area contributed by atoms with Crippen LogP contribution in [-0.2, 0) is 11.2 Å². The predicted molar refractivity (Wildman–Crippen MR) is 108 cm³/mol. The van der Waals surface area contributed by atoms with E-state index in [1.165, 1.54) is 25.7 Å². The molecule has 1 aromatic heterocycles. The summed E-state index contributed by atoms with van der Waals surface area (Å²) in [6.45, 7) is 4.38. The maximum Gasteiger partial charge on any atom is 0.338 e. The first-order valence-corrected chi connectivity index (χ1v) is 10.3. The van der Waals surface area contributed by atoms with Crippen LogP contribution in [0, 0.1) is 5.92 Å². The van der Waals surface area contributed by atoms with Crippen molar-refractivity contribution in [1.82, 2.24) is 9.97 Å². The molecule has 4 nitrogen and oxygen atoms in total. The number of rotatable bonds is 7. The third-order valence-corrected chi connectivity index (χ3v) is 5.39. The lowest BCUT2D eigenvalue weighted by Gasteiger charge is -2.28. The molecule has 1 heterocycles. The van der Waals surface area contributed by atoms with Crippen LogP contribution in [0.4, 0.5) is 0 Å². The van der Waals surface area contributed by atoms with Crippen molar-refractivity contribution < 1.29 is 9.53 Å². The number of carbonyl (C=O) groups excluding carboxylic acids is 1. The molecule has 0 bridgehead atoms. The highest BCUT2D eigenvalue weighted by atomic mass is 16.5. The van der Waals surface area contributed by atoms with Crippen LogP contribution in [0.1, 0.15) is 74.7 Å². The summed E-state index contributed by atoms with van der Waals surface area (Å²) in [5, 5.41) is 0. The molecule has 27 heavy (non-hydrogen) atoms. The average Bonchev–Trinajstić information content (AvgIpc) is 2.71. The zero-order valence-corrected chi connectivity index (χ0v) is 16.5. The van der Waals surface area contributed by atoms with E-state index in [-0.39, 0.29) is 12.1 Å². The first-order valence-electron chi connectivity index (χ1n) is 10.3. The maximum atomic E-state index is 12.4. The normalized spacial score (nSPS) is 19.6. The van der Waals surface area contributed by atoms with Crippen molar-refractivity contribution >= 4 is 5.97 Å².